The van der Waals surface area contributed by atoms with E-state index >= 15 is 0 Å². The third kappa shape index (κ3) is 3.74. The van der Waals surface area contributed by atoms with Gasteiger partial charge in [0, 0.05) is 39.2 Å². The summed E-state index contributed by atoms with van der Waals surface area (Å²) < 4.78 is 17.9. The number of likely N-dealkylation sites (tertiary alicyclic amines) is 1. The van der Waals surface area contributed by atoms with Crippen LogP contribution in [0.3, 0.4) is 0 Å². The zero-order chi connectivity index (χ0) is 19.5. The topological polar surface area (TPSA) is 75.4 Å². The van der Waals surface area contributed by atoms with Crippen LogP contribution in [-0.2, 0) is 4.74 Å². The van der Waals surface area contributed by atoms with Crippen LogP contribution in [0.5, 0.6) is 5.95 Å². The van der Waals surface area contributed by atoms with Crippen molar-refractivity contribution in [3.63, 3.8) is 0 Å². The van der Waals surface area contributed by atoms with Gasteiger partial charge in [0.2, 0.25) is 5.43 Å². The van der Waals surface area contributed by atoms with Crippen LogP contribution in [-0.4, -0.2) is 62.2 Å². The number of nitrogens with zero attached hydrogens (tertiary/aromatic N) is 2. The molecule has 0 aliphatic carbocycles. The molecule has 28 heavy (non-hydrogen) atoms. The Balaban J connectivity index is 1.79. The van der Waals surface area contributed by atoms with Crippen molar-refractivity contribution in [2.75, 3.05) is 50.9 Å². The van der Waals surface area contributed by atoms with E-state index in [4.69, 9.17) is 13.9 Å². The predicted molar refractivity (Wildman–Crippen MR) is 107 cm³/mol. The van der Waals surface area contributed by atoms with Gasteiger partial charge in [0.15, 0.2) is 11.9 Å². The van der Waals surface area contributed by atoms with E-state index in [1.807, 2.05) is 24.0 Å². The van der Waals surface area contributed by atoms with E-state index in [1.165, 1.54) is 0 Å². The monoisotopic (exact) mass is 388 g/mol. The van der Waals surface area contributed by atoms with Gasteiger partial charge in [0.1, 0.15) is 5.58 Å². The van der Waals surface area contributed by atoms with Crippen molar-refractivity contribution in [2.24, 2.45) is 0 Å². The first kappa shape index (κ1) is 19.2. The average Bonchev–Trinajstić information content (AvgIpc) is 3.24. The summed E-state index contributed by atoms with van der Waals surface area (Å²) in [6.07, 6.45) is 2.39. The Bertz CT molecular complexity index is 869. The highest BCUT2D eigenvalue weighted by Gasteiger charge is 2.29. The molecule has 0 spiro atoms. The number of morpholine rings is 1. The first-order valence-corrected chi connectivity index (χ1v) is 10.1. The van der Waals surface area contributed by atoms with E-state index < -0.39 is 0 Å². The highest BCUT2D eigenvalue weighted by Crippen LogP contribution is 2.33. The number of aliphatic hydroxyl groups is 1. The van der Waals surface area contributed by atoms with E-state index in [0.717, 1.165) is 31.5 Å². The van der Waals surface area contributed by atoms with Gasteiger partial charge in [-0.15, -0.1) is 0 Å². The van der Waals surface area contributed by atoms with E-state index in [1.54, 1.807) is 6.07 Å². The van der Waals surface area contributed by atoms with Crippen molar-refractivity contribution in [3.05, 3.63) is 34.0 Å². The maximum atomic E-state index is 13.4. The molecule has 1 unspecified atom stereocenters. The third-order valence-electron chi connectivity index (χ3n) is 5.55. The van der Waals surface area contributed by atoms with Gasteiger partial charge in [-0.1, -0.05) is 12.1 Å². The van der Waals surface area contributed by atoms with Gasteiger partial charge in [0.25, 0.3) is 0 Å². The molecule has 0 saturated carbocycles. The van der Waals surface area contributed by atoms with E-state index in [9.17, 15) is 9.90 Å². The van der Waals surface area contributed by atoms with Gasteiger partial charge in [-0.25, -0.2) is 0 Å². The minimum atomic E-state index is -0.308. The Morgan fingerprint density at radius 3 is 2.64 bits per heavy atom. The zero-order valence-electron chi connectivity index (χ0n) is 16.4. The molecule has 1 atom stereocenters. The maximum absolute atomic E-state index is 13.4. The van der Waals surface area contributed by atoms with Crippen LogP contribution in [0, 0.1) is 6.92 Å². The molecule has 2 fully saturated rings. The number of aryl methyl sites for hydroxylation is 1. The van der Waals surface area contributed by atoms with Crippen LogP contribution >= 0.6 is 0 Å². The molecule has 152 valence electrons. The molecule has 1 aromatic heterocycles. The second-order valence-electron chi connectivity index (χ2n) is 7.45. The van der Waals surface area contributed by atoms with Crippen LogP contribution in [0.1, 0.15) is 24.8 Å². The predicted octanol–water partition coefficient (Wildman–Crippen LogP) is 2.12. The molecule has 0 radical (unpaired) electrons. The van der Waals surface area contributed by atoms with Crippen molar-refractivity contribution in [1.29, 1.82) is 0 Å². The first-order valence-electron chi connectivity index (χ1n) is 10.1. The molecule has 2 aliphatic heterocycles. The smallest absolute Gasteiger partial charge is 0.315 e. The summed E-state index contributed by atoms with van der Waals surface area (Å²) >= 11 is 0. The fourth-order valence-corrected chi connectivity index (χ4v) is 4.05. The van der Waals surface area contributed by atoms with Crippen molar-refractivity contribution < 1.29 is 19.0 Å². The van der Waals surface area contributed by atoms with Gasteiger partial charge in [-0.05, 0) is 31.4 Å². The zero-order valence-corrected chi connectivity index (χ0v) is 16.4. The molecule has 0 amide bonds. The second kappa shape index (κ2) is 8.51. The summed E-state index contributed by atoms with van der Waals surface area (Å²) in [5, 5.41) is 10.1. The molecule has 7 heteroatoms. The molecule has 2 saturated heterocycles. The van der Waals surface area contributed by atoms with E-state index in [-0.39, 0.29) is 24.2 Å². The standard InChI is InChI=1S/C21H28N2O5/c1-15-5-4-6-16-19(25)18(23-10-13-26-14-11-23)21(28-20(15)16)27-17(7-12-24)22-8-2-3-9-22/h4-6,17,24H,2-3,7-14H2,1H3. The molecule has 4 rings (SSSR count). The number of hydrogen-bond donors (Lipinski definition) is 1. The Morgan fingerprint density at radius 2 is 1.93 bits per heavy atom. The lowest BCUT2D eigenvalue weighted by atomic mass is 10.1. The largest absolute Gasteiger partial charge is 0.444 e. The third-order valence-corrected chi connectivity index (χ3v) is 5.55. The van der Waals surface area contributed by atoms with Crippen LogP contribution < -0.4 is 15.1 Å². The highest BCUT2D eigenvalue weighted by molar-refractivity contribution is 5.84. The Morgan fingerprint density at radius 1 is 1.18 bits per heavy atom. The number of fused-ring (bicyclic) bond motifs is 1. The molecule has 2 aliphatic rings. The summed E-state index contributed by atoms with van der Waals surface area (Å²) in [6, 6.07) is 5.60. The van der Waals surface area contributed by atoms with Gasteiger partial charge >= 0.3 is 5.95 Å². The molecule has 7 nitrogen and oxygen atoms in total. The lowest BCUT2D eigenvalue weighted by Crippen LogP contribution is -2.41. The van der Waals surface area contributed by atoms with Crippen LogP contribution in [0.2, 0.25) is 0 Å². The molecule has 3 heterocycles. The lowest BCUT2D eigenvalue weighted by Gasteiger charge is -2.31. The number of anilines is 1. The van der Waals surface area contributed by atoms with Gasteiger partial charge in [-0.3, -0.25) is 9.69 Å². The van der Waals surface area contributed by atoms with E-state index in [2.05, 4.69) is 4.90 Å². The molecule has 1 aromatic carbocycles. The minimum Gasteiger partial charge on any atom is -0.444 e. The molecule has 1 N–H and O–H groups in total. The Hall–Kier alpha value is -2.09. The fourth-order valence-electron chi connectivity index (χ4n) is 4.05. The number of hydrogen-bond acceptors (Lipinski definition) is 7. The number of benzene rings is 1. The molecule has 2 aromatic rings. The number of para-hydroxylation sites is 1. The quantitative estimate of drug-likeness (QED) is 0.812. The minimum absolute atomic E-state index is 0.0187. The normalized spacial score (nSPS) is 19.3. The second-order valence-corrected chi connectivity index (χ2v) is 7.45. The lowest BCUT2D eigenvalue weighted by molar-refractivity contribution is 0.00689. The van der Waals surface area contributed by atoms with Crippen LogP contribution in [0.4, 0.5) is 5.69 Å². The molecule has 0 bridgehead atoms. The maximum Gasteiger partial charge on any atom is 0.315 e. The van der Waals surface area contributed by atoms with Crippen LogP contribution in [0.15, 0.2) is 27.4 Å². The average molecular weight is 388 g/mol. The first-order chi connectivity index (χ1) is 13.7. The van der Waals surface area contributed by atoms with Crippen LogP contribution in [0.25, 0.3) is 11.0 Å². The van der Waals surface area contributed by atoms with Crippen molar-refractivity contribution in [1.82, 2.24) is 4.90 Å². The van der Waals surface area contributed by atoms with Gasteiger partial charge < -0.3 is 23.9 Å². The van der Waals surface area contributed by atoms with Crippen molar-refractivity contribution in [3.8, 4) is 5.95 Å². The van der Waals surface area contributed by atoms with Crippen molar-refractivity contribution >= 4 is 16.7 Å². The Labute approximate surface area is 164 Å². The summed E-state index contributed by atoms with van der Waals surface area (Å²) in [4.78, 5) is 17.6. The number of ether oxygens (including phenoxy) is 2. The molecular formula is C21H28N2O5. The number of aliphatic hydroxyl groups excluding tert-OH is 1. The highest BCUT2D eigenvalue weighted by atomic mass is 16.6. The fraction of sp³-hybridized carbons (Fsp3) is 0.571. The summed E-state index contributed by atoms with van der Waals surface area (Å²) in [5.41, 5.74) is 1.84. The Kier molecular flexibility index (Phi) is 5.85. The summed E-state index contributed by atoms with van der Waals surface area (Å²) in [5.74, 6) is 0.249. The van der Waals surface area contributed by atoms with Gasteiger partial charge in [-0.2, -0.15) is 0 Å². The van der Waals surface area contributed by atoms with Gasteiger partial charge in [0.05, 0.1) is 18.6 Å². The summed E-state index contributed by atoms with van der Waals surface area (Å²) in [7, 11) is 0. The number of rotatable bonds is 6. The summed E-state index contributed by atoms with van der Waals surface area (Å²) in [6.45, 7) is 6.16. The SMILES string of the molecule is Cc1cccc2c(=O)c(N3CCOCC3)c(OC(CCO)N3CCCC3)oc12. The van der Waals surface area contributed by atoms with E-state index in [0.29, 0.717) is 49.4 Å². The molecular weight excluding hydrogens is 360 g/mol. The van der Waals surface area contributed by atoms with Crippen molar-refractivity contribution in [2.45, 2.75) is 32.4 Å².